The fourth-order valence-electron chi connectivity index (χ4n) is 1.19. The summed E-state index contributed by atoms with van der Waals surface area (Å²) in [5.74, 6) is 0. The van der Waals surface area contributed by atoms with Crippen LogP contribution in [0.1, 0.15) is 19.5 Å². The van der Waals surface area contributed by atoms with Crippen molar-refractivity contribution in [3.8, 4) is 6.07 Å². The molecule has 0 saturated carbocycles. The van der Waals surface area contributed by atoms with Crippen molar-refractivity contribution in [2.75, 3.05) is 6.54 Å². The van der Waals surface area contributed by atoms with Crippen LogP contribution in [-0.4, -0.2) is 32.5 Å². The van der Waals surface area contributed by atoms with Crippen LogP contribution < -0.4 is 0 Å². The highest BCUT2D eigenvalue weighted by Crippen LogP contribution is 2.04. The second-order valence-electron chi connectivity index (χ2n) is 3.54. The third-order valence-corrected chi connectivity index (χ3v) is 2.02. The number of nitrogens with zero attached hydrogens (tertiary/aromatic N) is 5. The molecule has 1 aromatic heterocycles. The molecule has 0 aliphatic heterocycles. The molecule has 1 aromatic rings. The molecule has 1 heterocycles. The average molecular weight is 193 g/mol. The van der Waals surface area contributed by atoms with Gasteiger partial charge >= 0.3 is 0 Å². The van der Waals surface area contributed by atoms with Gasteiger partial charge in [-0.05, 0) is 13.8 Å². The normalized spacial score (nSPS) is 10.9. The van der Waals surface area contributed by atoms with Crippen LogP contribution in [0.2, 0.25) is 0 Å². The zero-order chi connectivity index (χ0) is 10.6. The maximum absolute atomic E-state index is 8.64. The molecule has 76 valence electrons. The van der Waals surface area contributed by atoms with Gasteiger partial charge in [0.05, 0.1) is 18.3 Å². The van der Waals surface area contributed by atoms with Gasteiger partial charge in [0.2, 0.25) is 0 Å². The lowest BCUT2D eigenvalue weighted by molar-refractivity contribution is 0.237. The van der Waals surface area contributed by atoms with Gasteiger partial charge in [0.1, 0.15) is 0 Å². The van der Waals surface area contributed by atoms with Gasteiger partial charge < -0.3 is 0 Å². The fourth-order valence-corrected chi connectivity index (χ4v) is 1.19. The maximum atomic E-state index is 8.64. The number of nitriles is 1. The summed E-state index contributed by atoms with van der Waals surface area (Å²) < 4.78 is 1.67. The number of aryl methyl sites for hydroxylation is 1. The highest BCUT2D eigenvalue weighted by Gasteiger charge is 2.11. The van der Waals surface area contributed by atoms with Gasteiger partial charge in [-0.15, -0.1) is 5.10 Å². The molecule has 0 aliphatic carbocycles. The molecular weight excluding hydrogens is 178 g/mol. The van der Waals surface area contributed by atoms with Crippen molar-refractivity contribution in [2.24, 2.45) is 7.05 Å². The number of aromatic nitrogens is 3. The summed E-state index contributed by atoms with van der Waals surface area (Å²) in [6.45, 7) is 5.23. The van der Waals surface area contributed by atoms with Crippen molar-refractivity contribution >= 4 is 0 Å². The highest BCUT2D eigenvalue weighted by atomic mass is 15.4. The Morgan fingerprint density at radius 1 is 1.64 bits per heavy atom. The summed E-state index contributed by atoms with van der Waals surface area (Å²) in [7, 11) is 1.83. The van der Waals surface area contributed by atoms with Gasteiger partial charge in [-0.25, -0.2) is 0 Å². The molecule has 0 amide bonds. The summed E-state index contributed by atoms with van der Waals surface area (Å²) in [6, 6.07) is 2.49. The summed E-state index contributed by atoms with van der Waals surface area (Å²) in [5.41, 5.74) is 0.899. The predicted octanol–water partition coefficient (Wildman–Crippen LogP) is 0.549. The standard InChI is InChI=1S/C9H15N5/c1-8(2)14(5-4-10)7-9-6-13(3)12-11-9/h6,8H,5,7H2,1-3H3. The first kappa shape index (κ1) is 10.7. The number of rotatable bonds is 4. The lowest BCUT2D eigenvalue weighted by Crippen LogP contribution is -2.30. The fraction of sp³-hybridized carbons (Fsp3) is 0.667. The minimum Gasteiger partial charge on any atom is -0.282 e. The van der Waals surface area contributed by atoms with E-state index in [1.165, 1.54) is 0 Å². The van der Waals surface area contributed by atoms with Crippen molar-refractivity contribution in [3.63, 3.8) is 0 Å². The van der Waals surface area contributed by atoms with E-state index >= 15 is 0 Å². The van der Waals surface area contributed by atoms with Crippen LogP contribution >= 0.6 is 0 Å². The van der Waals surface area contributed by atoms with Gasteiger partial charge in [0, 0.05) is 25.8 Å². The van der Waals surface area contributed by atoms with Gasteiger partial charge in [-0.1, -0.05) is 5.21 Å². The largest absolute Gasteiger partial charge is 0.282 e. The molecule has 5 heteroatoms. The van der Waals surface area contributed by atoms with Crippen LogP contribution in [0.15, 0.2) is 6.20 Å². The summed E-state index contributed by atoms with van der Waals surface area (Å²) in [4.78, 5) is 2.05. The summed E-state index contributed by atoms with van der Waals surface area (Å²) in [6.07, 6.45) is 1.87. The molecule has 1 rings (SSSR count). The molecular formula is C9H15N5. The Kier molecular flexibility index (Phi) is 3.60. The molecule has 0 unspecified atom stereocenters. The first-order valence-corrected chi connectivity index (χ1v) is 4.59. The molecule has 5 nitrogen and oxygen atoms in total. The van der Waals surface area contributed by atoms with E-state index in [0.29, 0.717) is 19.1 Å². The van der Waals surface area contributed by atoms with E-state index in [0.717, 1.165) is 5.69 Å². The van der Waals surface area contributed by atoms with Crippen molar-refractivity contribution in [3.05, 3.63) is 11.9 Å². The van der Waals surface area contributed by atoms with E-state index < -0.39 is 0 Å². The van der Waals surface area contributed by atoms with Crippen molar-refractivity contribution in [1.29, 1.82) is 5.26 Å². The van der Waals surface area contributed by atoms with E-state index in [-0.39, 0.29) is 0 Å². The third kappa shape index (κ3) is 2.82. The van der Waals surface area contributed by atoms with Gasteiger partial charge in [0.25, 0.3) is 0 Å². The Balaban J connectivity index is 2.60. The summed E-state index contributed by atoms with van der Waals surface area (Å²) >= 11 is 0. The maximum Gasteiger partial charge on any atom is 0.0967 e. The SMILES string of the molecule is CC(C)N(CC#N)Cc1cn(C)nn1. The highest BCUT2D eigenvalue weighted by molar-refractivity contribution is 4.93. The predicted molar refractivity (Wildman–Crippen MR) is 52.2 cm³/mol. The van der Waals surface area contributed by atoms with Crippen LogP contribution in [0.5, 0.6) is 0 Å². The topological polar surface area (TPSA) is 57.7 Å². The van der Waals surface area contributed by atoms with E-state index in [9.17, 15) is 0 Å². The molecule has 0 saturated heterocycles. The second kappa shape index (κ2) is 4.72. The second-order valence-corrected chi connectivity index (χ2v) is 3.54. The zero-order valence-corrected chi connectivity index (χ0v) is 8.80. The third-order valence-electron chi connectivity index (χ3n) is 2.02. The molecule has 0 atom stereocenters. The lowest BCUT2D eigenvalue weighted by atomic mass is 10.3. The van der Waals surface area contributed by atoms with Crippen LogP contribution in [0, 0.1) is 11.3 Å². The van der Waals surface area contributed by atoms with Crippen LogP contribution in [0.3, 0.4) is 0 Å². The van der Waals surface area contributed by atoms with Gasteiger partial charge in [0.15, 0.2) is 0 Å². The molecule has 0 aliphatic rings. The lowest BCUT2D eigenvalue weighted by Gasteiger charge is -2.21. The molecule has 0 fully saturated rings. The van der Waals surface area contributed by atoms with Crippen LogP contribution in [0.4, 0.5) is 0 Å². The van der Waals surface area contributed by atoms with Crippen molar-refractivity contribution in [2.45, 2.75) is 26.4 Å². The van der Waals surface area contributed by atoms with Crippen LogP contribution in [0.25, 0.3) is 0 Å². The molecule has 0 aromatic carbocycles. The Labute approximate surface area is 83.9 Å². The Morgan fingerprint density at radius 3 is 2.79 bits per heavy atom. The van der Waals surface area contributed by atoms with E-state index in [1.54, 1.807) is 4.68 Å². The quantitative estimate of drug-likeness (QED) is 0.655. The Bertz CT molecular complexity index is 322. The Morgan fingerprint density at radius 2 is 2.36 bits per heavy atom. The molecule has 0 N–H and O–H groups in total. The van der Waals surface area contributed by atoms with E-state index in [2.05, 4.69) is 30.2 Å². The molecule has 14 heavy (non-hydrogen) atoms. The van der Waals surface area contributed by atoms with Crippen molar-refractivity contribution < 1.29 is 0 Å². The van der Waals surface area contributed by atoms with Crippen LogP contribution in [-0.2, 0) is 13.6 Å². The Hall–Kier alpha value is -1.41. The zero-order valence-electron chi connectivity index (χ0n) is 8.80. The number of hydrogen-bond donors (Lipinski definition) is 0. The first-order chi connectivity index (χ1) is 6.63. The van der Waals surface area contributed by atoms with E-state index in [1.807, 2.05) is 18.1 Å². The smallest absolute Gasteiger partial charge is 0.0967 e. The van der Waals surface area contributed by atoms with Gasteiger partial charge in [-0.2, -0.15) is 5.26 Å². The first-order valence-electron chi connectivity index (χ1n) is 4.59. The minimum atomic E-state index is 0.344. The average Bonchev–Trinajstić information content (AvgIpc) is 2.50. The molecule has 0 spiro atoms. The van der Waals surface area contributed by atoms with E-state index in [4.69, 9.17) is 5.26 Å². The molecule has 0 bridgehead atoms. The number of hydrogen-bond acceptors (Lipinski definition) is 4. The monoisotopic (exact) mass is 193 g/mol. The minimum absolute atomic E-state index is 0.344. The van der Waals surface area contributed by atoms with Gasteiger partial charge in [-0.3, -0.25) is 9.58 Å². The van der Waals surface area contributed by atoms with Crippen molar-refractivity contribution in [1.82, 2.24) is 19.9 Å². The molecule has 0 radical (unpaired) electrons. The summed E-state index contributed by atoms with van der Waals surface area (Å²) in [5, 5.41) is 16.5.